The largest absolute Gasteiger partial charge is 0.468 e. The van der Waals surface area contributed by atoms with Crippen molar-refractivity contribution in [2.24, 2.45) is 0 Å². The molecule has 0 aliphatic carbocycles. The Morgan fingerprint density at radius 3 is 2.86 bits per heavy atom. The van der Waals surface area contributed by atoms with Gasteiger partial charge < -0.3 is 9.47 Å². The maximum atomic E-state index is 13.9. The Balaban J connectivity index is 2.43. The van der Waals surface area contributed by atoms with Gasteiger partial charge in [-0.3, -0.25) is 4.79 Å². The second-order valence-electron chi connectivity index (χ2n) is 4.30. The SMILES string of the molecule is COC(=O)C1COCCN1S(=O)(=O)c1ccc(Br)cc1F. The highest BCUT2D eigenvalue weighted by molar-refractivity contribution is 9.10. The molecule has 1 heterocycles. The number of morpholine rings is 1. The van der Waals surface area contributed by atoms with Gasteiger partial charge in [-0.25, -0.2) is 12.8 Å². The predicted octanol–water partition coefficient (Wildman–Crippen LogP) is 1.15. The Kier molecular flexibility index (Phi) is 4.97. The summed E-state index contributed by atoms with van der Waals surface area (Å²) in [6.07, 6.45) is 0. The molecule has 0 aromatic heterocycles. The highest BCUT2D eigenvalue weighted by Gasteiger charge is 2.40. The molecule has 1 aliphatic heterocycles. The van der Waals surface area contributed by atoms with Crippen LogP contribution in [0.3, 0.4) is 0 Å². The van der Waals surface area contributed by atoms with Crippen LogP contribution in [0.4, 0.5) is 4.39 Å². The van der Waals surface area contributed by atoms with Crippen molar-refractivity contribution in [1.82, 2.24) is 4.31 Å². The minimum Gasteiger partial charge on any atom is -0.468 e. The summed E-state index contributed by atoms with van der Waals surface area (Å²) in [5.74, 6) is -1.63. The molecule has 1 atom stereocenters. The van der Waals surface area contributed by atoms with Gasteiger partial charge in [0.05, 0.1) is 20.3 Å². The zero-order chi connectivity index (χ0) is 15.6. The van der Waals surface area contributed by atoms with Crippen LogP contribution in [0.1, 0.15) is 0 Å². The number of carbonyl (C=O) groups is 1. The lowest BCUT2D eigenvalue weighted by molar-refractivity contribution is -0.149. The molecule has 9 heteroatoms. The van der Waals surface area contributed by atoms with E-state index in [9.17, 15) is 17.6 Å². The standard InChI is InChI=1S/C12H13BrFNO5S/c1-19-12(16)10-7-20-5-4-15(10)21(17,18)11-3-2-8(13)6-9(11)14/h2-3,6,10H,4-5,7H2,1H3. The molecule has 6 nitrogen and oxygen atoms in total. The lowest BCUT2D eigenvalue weighted by Crippen LogP contribution is -2.52. The average Bonchev–Trinajstić information content (AvgIpc) is 2.46. The zero-order valence-electron chi connectivity index (χ0n) is 11.1. The number of benzene rings is 1. The molecule has 0 radical (unpaired) electrons. The second kappa shape index (κ2) is 6.39. The summed E-state index contributed by atoms with van der Waals surface area (Å²) in [5, 5.41) is 0. The normalized spacial score (nSPS) is 20.2. The average molecular weight is 382 g/mol. The van der Waals surface area contributed by atoms with E-state index in [1.807, 2.05) is 0 Å². The number of ether oxygens (including phenoxy) is 2. The van der Waals surface area contributed by atoms with Crippen molar-refractivity contribution in [2.45, 2.75) is 10.9 Å². The van der Waals surface area contributed by atoms with Crippen LogP contribution in [0.2, 0.25) is 0 Å². The molecular weight excluding hydrogens is 369 g/mol. The van der Waals surface area contributed by atoms with Gasteiger partial charge in [0.15, 0.2) is 0 Å². The van der Waals surface area contributed by atoms with Crippen LogP contribution in [-0.2, 0) is 24.3 Å². The fraction of sp³-hybridized carbons (Fsp3) is 0.417. The summed E-state index contributed by atoms with van der Waals surface area (Å²) in [5.41, 5.74) is 0. The number of methoxy groups -OCH3 is 1. The Labute approximate surface area is 130 Å². The lowest BCUT2D eigenvalue weighted by atomic mass is 10.3. The maximum Gasteiger partial charge on any atom is 0.326 e. The number of carbonyl (C=O) groups excluding carboxylic acids is 1. The van der Waals surface area contributed by atoms with Gasteiger partial charge in [-0.2, -0.15) is 4.31 Å². The van der Waals surface area contributed by atoms with E-state index in [0.29, 0.717) is 4.47 Å². The Morgan fingerprint density at radius 2 is 2.24 bits per heavy atom. The second-order valence-corrected chi connectivity index (χ2v) is 7.08. The third-order valence-electron chi connectivity index (χ3n) is 3.03. The molecule has 2 rings (SSSR count). The smallest absolute Gasteiger partial charge is 0.326 e. The third-order valence-corrected chi connectivity index (χ3v) is 5.47. The molecule has 1 aromatic carbocycles. The fourth-order valence-electron chi connectivity index (χ4n) is 2.01. The molecule has 21 heavy (non-hydrogen) atoms. The fourth-order valence-corrected chi connectivity index (χ4v) is 3.94. The minimum atomic E-state index is -4.16. The molecule has 1 unspecified atom stereocenters. The number of sulfonamides is 1. The first kappa shape index (κ1) is 16.3. The predicted molar refractivity (Wildman–Crippen MR) is 74.6 cm³/mol. The van der Waals surface area contributed by atoms with Gasteiger partial charge in [-0.05, 0) is 18.2 Å². The molecule has 1 aliphatic rings. The quantitative estimate of drug-likeness (QED) is 0.734. The van der Waals surface area contributed by atoms with Crippen LogP contribution in [0, 0.1) is 5.82 Å². The number of hydrogen-bond donors (Lipinski definition) is 0. The molecule has 1 saturated heterocycles. The van der Waals surface area contributed by atoms with Gasteiger partial charge in [-0.15, -0.1) is 0 Å². The number of rotatable bonds is 3. The van der Waals surface area contributed by atoms with Gasteiger partial charge in [-0.1, -0.05) is 15.9 Å². The highest BCUT2D eigenvalue weighted by Crippen LogP contribution is 2.25. The number of nitrogens with zero attached hydrogens (tertiary/aromatic N) is 1. The third kappa shape index (κ3) is 3.25. The van der Waals surface area contributed by atoms with E-state index in [4.69, 9.17) is 4.74 Å². The van der Waals surface area contributed by atoms with Gasteiger partial charge >= 0.3 is 5.97 Å². The summed E-state index contributed by atoms with van der Waals surface area (Å²) in [6.45, 7) is -0.0352. The van der Waals surface area contributed by atoms with E-state index in [-0.39, 0.29) is 19.8 Å². The molecule has 1 aromatic rings. The van der Waals surface area contributed by atoms with E-state index in [1.54, 1.807) is 0 Å². The molecule has 116 valence electrons. The summed E-state index contributed by atoms with van der Waals surface area (Å²) in [6, 6.07) is 2.51. The van der Waals surface area contributed by atoms with Crippen molar-refractivity contribution in [3.63, 3.8) is 0 Å². The first-order valence-electron chi connectivity index (χ1n) is 6.00. The molecule has 0 amide bonds. The first-order valence-corrected chi connectivity index (χ1v) is 8.23. The zero-order valence-corrected chi connectivity index (χ0v) is 13.5. The Bertz CT molecular complexity index is 651. The van der Waals surface area contributed by atoms with Crippen LogP contribution in [-0.4, -0.2) is 51.6 Å². The van der Waals surface area contributed by atoms with Crippen LogP contribution in [0.15, 0.2) is 27.6 Å². The maximum absolute atomic E-state index is 13.9. The molecule has 0 bridgehead atoms. The number of halogens is 2. The summed E-state index contributed by atoms with van der Waals surface area (Å²) in [7, 11) is -3.00. The number of hydrogen-bond acceptors (Lipinski definition) is 5. The topological polar surface area (TPSA) is 72.9 Å². The minimum absolute atomic E-state index is 0.0440. The van der Waals surface area contributed by atoms with E-state index in [0.717, 1.165) is 23.5 Å². The molecule has 1 fully saturated rings. The van der Waals surface area contributed by atoms with Gasteiger partial charge in [0.1, 0.15) is 16.8 Å². The van der Waals surface area contributed by atoms with E-state index < -0.39 is 32.7 Å². The van der Waals surface area contributed by atoms with Crippen molar-refractivity contribution in [2.75, 3.05) is 26.9 Å². The summed E-state index contributed by atoms with van der Waals surface area (Å²) >= 11 is 3.06. The van der Waals surface area contributed by atoms with Crippen molar-refractivity contribution < 1.29 is 27.1 Å². The van der Waals surface area contributed by atoms with Crippen molar-refractivity contribution in [3.05, 3.63) is 28.5 Å². The Hall–Kier alpha value is -1.03. The molecule has 0 saturated carbocycles. The molecule has 0 N–H and O–H groups in total. The molecular formula is C12H13BrFNO5S. The van der Waals surface area contributed by atoms with Gasteiger partial charge in [0, 0.05) is 11.0 Å². The van der Waals surface area contributed by atoms with Gasteiger partial charge in [0.25, 0.3) is 0 Å². The van der Waals surface area contributed by atoms with Crippen molar-refractivity contribution >= 4 is 31.9 Å². The lowest BCUT2D eigenvalue weighted by Gasteiger charge is -2.32. The van der Waals surface area contributed by atoms with E-state index >= 15 is 0 Å². The highest BCUT2D eigenvalue weighted by atomic mass is 79.9. The van der Waals surface area contributed by atoms with Gasteiger partial charge in [0.2, 0.25) is 10.0 Å². The number of esters is 1. The summed E-state index contributed by atoms with van der Waals surface area (Å²) < 4.78 is 50.1. The Morgan fingerprint density at radius 1 is 1.52 bits per heavy atom. The van der Waals surface area contributed by atoms with Crippen LogP contribution in [0.5, 0.6) is 0 Å². The van der Waals surface area contributed by atoms with Crippen LogP contribution >= 0.6 is 15.9 Å². The summed E-state index contributed by atoms with van der Waals surface area (Å²) in [4.78, 5) is 11.2. The van der Waals surface area contributed by atoms with Crippen LogP contribution in [0.25, 0.3) is 0 Å². The monoisotopic (exact) mass is 381 g/mol. The molecule has 0 spiro atoms. The van der Waals surface area contributed by atoms with E-state index in [2.05, 4.69) is 20.7 Å². The van der Waals surface area contributed by atoms with E-state index in [1.165, 1.54) is 6.07 Å². The van der Waals surface area contributed by atoms with Crippen LogP contribution < -0.4 is 0 Å². The first-order chi connectivity index (χ1) is 9.87. The van der Waals surface area contributed by atoms with Crippen molar-refractivity contribution in [3.8, 4) is 0 Å². The van der Waals surface area contributed by atoms with Crippen molar-refractivity contribution in [1.29, 1.82) is 0 Å².